The van der Waals surface area contributed by atoms with E-state index in [0.29, 0.717) is 6.42 Å². The molecule has 1 unspecified atom stereocenters. The van der Waals surface area contributed by atoms with Gasteiger partial charge in [-0.2, -0.15) is 0 Å². The van der Waals surface area contributed by atoms with Crippen LogP contribution < -0.4 is 5.32 Å². The number of nitrogens with zero attached hydrogens (tertiary/aromatic N) is 1. The average molecular weight is 280 g/mol. The summed E-state index contributed by atoms with van der Waals surface area (Å²) in [5.74, 6) is 0.366. The number of hydrogen-bond donors (Lipinski definition) is 1. The highest BCUT2D eigenvalue weighted by atomic mass is 16.1. The Labute approximate surface area is 125 Å². The number of amides is 1. The topological polar surface area (TPSA) is 42.0 Å². The Hall–Kier alpha value is -2.16. The molecule has 0 aliphatic carbocycles. The van der Waals surface area contributed by atoms with Gasteiger partial charge in [0.1, 0.15) is 0 Å². The van der Waals surface area contributed by atoms with Gasteiger partial charge in [0.05, 0.1) is 0 Å². The van der Waals surface area contributed by atoms with Crippen LogP contribution in [0.15, 0.2) is 24.3 Å². The Morgan fingerprint density at radius 1 is 1.19 bits per heavy atom. The van der Waals surface area contributed by atoms with Crippen LogP contribution >= 0.6 is 0 Å². The van der Waals surface area contributed by atoms with Crippen molar-refractivity contribution in [1.82, 2.24) is 4.98 Å². The Bertz CT molecular complexity index is 734. The number of anilines is 1. The predicted octanol–water partition coefficient (Wildman–Crippen LogP) is 4.12. The first-order valence-corrected chi connectivity index (χ1v) is 7.34. The van der Waals surface area contributed by atoms with E-state index in [1.807, 2.05) is 19.9 Å². The standard InChI is InChI=1S/C18H20N2O/c1-10-8-17(21)20-18-11(2)7-14(9-16(10)18)15-6-5-12(3)19-13(15)4/h5-7,9-10H,8H2,1-4H3,(H,20,21). The highest BCUT2D eigenvalue weighted by Gasteiger charge is 2.24. The van der Waals surface area contributed by atoms with Crippen LogP contribution in [-0.4, -0.2) is 10.9 Å². The maximum Gasteiger partial charge on any atom is 0.224 e. The van der Waals surface area contributed by atoms with E-state index < -0.39 is 0 Å². The van der Waals surface area contributed by atoms with E-state index in [1.165, 1.54) is 11.1 Å². The highest BCUT2D eigenvalue weighted by molar-refractivity contribution is 5.96. The summed E-state index contributed by atoms with van der Waals surface area (Å²) >= 11 is 0. The van der Waals surface area contributed by atoms with Crippen molar-refractivity contribution < 1.29 is 4.79 Å². The van der Waals surface area contributed by atoms with Gasteiger partial charge in [0.25, 0.3) is 0 Å². The maximum absolute atomic E-state index is 11.7. The van der Waals surface area contributed by atoms with Crippen molar-refractivity contribution in [3.8, 4) is 11.1 Å². The number of nitrogens with one attached hydrogen (secondary N) is 1. The zero-order chi connectivity index (χ0) is 15.1. The lowest BCUT2D eigenvalue weighted by molar-refractivity contribution is -0.116. The number of rotatable bonds is 1. The molecular weight excluding hydrogens is 260 g/mol. The van der Waals surface area contributed by atoms with Crippen molar-refractivity contribution in [2.45, 2.75) is 40.0 Å². The van der Waals surface area contributed by atoms with E-state index in [2.05, 4.69) is 42.3 Å². The fourth-order valence-corrected chi connectivity index (χ4v) is 3.10. The van der Waals surface area contributed by atoms with Gasteiger partial charge in [0.2, 0.25) is 5.91 Å². The van der Waals surface area contributed by atoms with Crippen molar-refractivity contribution in [1.29, 1.82) is 0 Å². The van der Waals surface area contributed by atoms with Crippen LogP contribution in [0.1, 0.15) is 41.8 Å². The van der Waals surface area contributed by atoms with Crippen molar-refractivity contribution in [2.75, 3.05) is 5.32 Å². The van der Waals surface area contributed by atoms with Gasteiger partial charge in [-0.1, -0.05) is 13.0 Å². The van der Waals surface area contributed by atoms with Crippen molar-refractivity contribution >= 4 is 11.6 Å². The molecule has 1 aliphatic rings. The zero-order valence-electron chi connectivity index (χ0n) is 12.9. The normalized spacial score (nSPS) is 17.3. The van der Waals surface area contributed by atoms with Gasteiger partial charge in [0.15, 0.2) is 0 Å². The summed E-state index contributed by atoms with van der Waals surface area (Å²) in [5, 5.41) is 3.01. The van der Waals surface area contributed by atoms with Crippen LogP contribution in [-0.2, 0) is 4.79 Å². The number of benzene rings is 1. The van der Waals surface area contributed by atoms with Crippen molar-refractivity contribution in [2.24, 2.45) is 0 Å². The molecule has 1 atom stereocenters. The molecule has 3 nitrogen and oxygen atoms in total. The number of aromatic nitrogens is 1. The van der Waals surface area contributed by atoms with Gasteiger partial charge >= 0.3 is 0 Å². The third-order valence-corrected chi connectivity index (χ3v) is 4.19. The molecule has 0 saturated carbocycles. The Morgan fingerprint density at radius 2 is 1.95 bits per heavy atom. The van der Waals surface area contributed by atoms with Gasteiger partial charge < -0.3 is 5.32 Å². The number of pyridine rings is 1. The molecular formula is C18H20N2O. The molecule has 21 heavy (non-hydrogen) atoms. The lowest BCUT2D eigenvalue weighted by Gasteiger charge is -2.25. The lowest BCUT2D eigenvalue weighted by atomic mass is 9.87. The SMILES string of the molecule is Cc1ccc(-c2cc(C)c3c(c2)C(C)CC(=O)N3)c(C)n1. The molecule has 1 aliphatic heterocycles. The quantitative estimate of drug-likeness (QED) is 0.853. The van der Waals surface area contributed by atoms with Crippen LogP contribution in [0.2, 0.25) is 0 Å². The van der Waals surface area contributed by atoms with Crippen LogP contribution in [0.3, 0.4) is 0 Å². The Morgan fingerprint density at radius 3 is 2.67 bits per heavy atom. The summed E-state index contributed by atoms with van der Waals surface area (Å²) in [6.07, 6.45) is 0.557. The lowest BCUT2D eigenvalue weighted by Crippen LogP contribution is -2.22. The predicted molar refractivity (Wildman–Crippen MR) is 85.5 cm³/mol. The van der Waals surface area contributed by atoms with Crippen molar-refractivity contribution in [3.63, 3.8) is 0 Å². The maximum atomic E-state index is 11.7. The number of fused-ring (bicyclic) bond motifs is 1. The average Bonchev–Trinajstić information content (AvgIpc) is 2.40. The van der Waals surface area contributed by atoms with E-state index >= 15 is 0 Å². The minimum Gasteiger partial charge on any atom is -0.326 e. The molecule has 1 N–H and O–H groups in total. The molecule has 3 rings (SSSR count). The van der Waals surface area contributed by atoms with E-state index in [0.717, 1.165) is 28.2 Å². The molecule has 1 amide bonds. The van der Waals surface area contributed by atoms with Gasteiger partial charge in [-0.15, -0.1) is 0 Å². The first kappa shape index (κ1) is 13.8. The fraction of sp³-hybridized carbons (Fsp3) is 0.333. The van der Waals surface area contributed by atoms with Gasteiger partial charge in [-0.3, -0.25) is 9.78 Å². The van der Waals surface area contributed by atoms with Crippen LogP contribution in [0.4, 0.5) is 5.69 Å². The third-order valence-electron chi connectivity index (χ3n) is 4.19. The van der Waals surface area contributed by atoms with Crippen LogP contribution in [0.5, 0.6) is 0 Å². The first-order chi connectivity index (χ1) is 9.95. The minimum absolute atomic E-state index is 0.110. The molecule has 1 aromatic heterocycles. The summed E-state index contributed by atoms with van der Waals surface area (Å²) in [7, 11) is 0. The van der Waals surface area contributed by atoms with E-state index in [-0.39, 0.29) is 11.8 Å². The van der Waals surface area contributed by atoms with Gasteiger partial charge in [0, 0.05) is 29.1 Å². The molecule has 108 valence electrons. The Balaban J connectivity index is 2.16. The Kier molecular flexibility index (Phi) is 3.28. The summed E-state index contributed by atoms with van der Waals surface area (Å²) in [6.45, 7) is 8.22. The molecule has 0 saturated heterocycles. The molecule has 0 spiro atoms. The van der Waals surface area contributed by atoms with Crippen molar-refractivity contribution in [3.05, 3.63) is 46.8 Å². The zero-order valence-corrected chi connectivity index (χ0v) is 12.9. The molecule has 0 fully saturated rings. The summed E-state index contributed by atoms with van der Waals surface area (Å²) in [6, 6.07) is 8.51. The molecule has 2 heterocycles. The van der Waals surface area contributed by atoms with E-state index in [4.69, 9.17) is 0 Å². The van der Waals surface area contributed by atoms with E-state index in [1.54, 1.807) is 0 Å². The summed E-state index contributed by atoms with van der Waals surface area (Å²) in [4.78, 5) is 16.3. The largest absolute Gasteiger partial charge is 0.326 e. The van der Waals surface area contributed by atoms with E-state index in [9.17, 15) is 4.79 Å². The minimum atomic E-state index is 0.110. The summed E-state index contributed by atoms with van der Waals surface area (Å²) < 4.78 is 0. The number of carbonyl (C=O) groups excluding carboxylic acids is 1. The van der Waals surface area contributed by atoms with Crippen LogP contribution in [0.25, 0.3) is 11.1 Å². The number of carbonyl (C=O) groups is 1. The second-order valence-corrected chi connectivity index (χ2v) is 6.00. The van der Waals surface area contributed by atoms with Crippen LogP contribution in [0, 0.1) is 20.8 Å². The summed E-state index contributed by atoms with van der Waals surface area (Å²) in [5.41, 5.74) is 7.75. The fourth-order valence-electron chi connectivity index (χ4n) is 3.10. The number of hydrogen-bond acceptors (Lipinski definition) is 2. The monoisotopic (exact) mass is 280 g/mol. The number of aryl methyl sites for hydroxylation is 3. The third kappa shape index (κ3) is 2.44. The molecule has 2 aromatic rings. The molecule has 3 heteroatoms. The van der Waals surface area contributed by atoms with Gasteiger partial charge in [-0.05, 0) is 61.6 Å². The first-order valence-electron chi connectivity index (χ1n) is 7.34. The second kappa shape index (κ2) is 4.99. The highest BCUT2D eigenvalue weighted by Crippen LogP contribution is 2.38. The molecule has 0 bridgehead atoms. The smallest absolute Gasteiger partial charge is 0.224 e. The van der Waals surface area contributed by atoms with Gasteiger partial charge in [-0.25, -0.2) is 0 Å². The molecule has 0 radical (unpaired) electrons. The molecule has 1 aromatic carbocycles. The second-order valence-electron chi connectivity index (χ2n) is 6.00.